The van der Waals surface area contributed by atoms with E-state index in [1.165, 1.54) is 13.2 Å². The number of aromatic nitrogens is 2. The molecule has 1 aromatic carbocycles. The molecule has 0 spiro atoms. The van der Waals surface area contributed by atoms with Crippen molar-refractivity contribution in [2.24, 2.45) is 0 Å². The number of carbonyl (C=O) groups excluding carboxylic acids is 1. The maximum absolute atomic E-state index is 12.3. The second-order valence-corrected chi connectivity index (χ2v) is 4.47. The van der Waals surface area contributed by atoms with Crippen molar-refractivity contribution in [3.05, 3.63) is 41.0 Å². The van der Waals surface area contributed by atoms with E-state index in [0.29, 0.717) is 12.1 Å². The second-order valence-electron chi connectivity index (χ2n) is 4.09. The fraction of sp³-hybridized carbons (Fsp3) is 0.214. The summed E-state index contributed by atoms with van der Waals surface area (Å²) in [5.41, 5.74) is 1.24. The Labute approximate surface area is 127 Å². The van der Waals surface area contributed by atoms with Crippen LogP contribution in [0.5, 0.6) is 5.88 Å². The van der Waals surface area contributed by atoms with Crippen LogP contribution in [0, 0.1) is 0 Å². The normalized spacial score (nSPS) is 10.0. The lowest BCUT2D eigenvalue weighted by Crippen LogP contribution is -2.16. The molecular weight excluding hydrogens is 292 g/mol. The molecule has 0 saturated heterocycles. The van der Waals surface area contributed by atoms with Crippen molar-refractivity contribution in [3.8, 4) is 5.88 Å². The van der Waals surface area contributed by atoms with Crippen LogP contribution in [0.3, 0.4) is 0 Å². The van der Waals surface area contributed by atoms with Crippen LogP contribution in [0.25, 0.3) is 0 Å². The van der Waals surface area contributed by atoms with Crippen LogP contribution in [-0.4, -0.2) is 29.5 Å². The lowest BCUT2D eigenvalue weighted by Gasteiger charge is -2.10. The largest absolute Gasteiger partial charge is 0.481 e. The Bertz CT molecular complexity index is 649. The minimum absolute atomic E-state index is 0.0932. The Morgan fingerprint density at radius 2 is 2.10 bits per heavy atom. The molecule has 0 atom stereocenters. The lowest BCUT2D eigenvalue weighted by molar-refractivity contribution is 0.102. The van der Waals surface area contributed by atoms with Crippen molar-refractivity contribution in [2.75, 3.05) is 24.3 Å². The van der Waals surface area contributed by atoms with E-state index in [9.17, 15) is 4.79 Å². The SMILES string of the molecule is CCNc1ccccc1C(=O)Nc1nc(Cl)cc(OC)n1. The first-order valence-electron chi connectivity index (χ1n) is 6.37. The summed E-state index contributed by atoms with van der Waals surface area (Å²) in [5.74, 6) is 0.0526. The quantitative estimate of drug-likeness (QED) is 0.831. The maximum Gasteiger partial charge on any atom is 0.260 e. The molecule has 2 rings (SSSR count). The molecule has 2 aromatic rings. The number of nitrogens with one attached hydrogen (secondary N) is 2. The Kier molecular flexibility index (Phi) is 4.94. The van der Waals surface area contributed by atoms with Gasteiger partial charge in [0.15, 0.2) is 0 Å². The second kappa shape index (κ2) is 6.90. The van der Waals surface area contributed by atoms with Gasteiger partial charge < -0.3 is 10.1 Å². The van der Waals surface area contributed by atoms with Gasteiger partial charge in [0.25, 0.3) is 5.91 Å². The summed E-state index contributed by atoms with van der Waals surface area (Å²) in [7, 11) is 1.46. The highest BCUT2D eigenvalue weighted by molar-refractivity contribution is 6.29. The molecule has 1 amide bonds. The number of anilines is 2. The Balaban J connectivity index is 2.24. The summed E-state index contributed by atoms with van der Waals surface area (Å²) in [6.45, 7) is 2.67. The molecule has 6 nitrogen and oxygen atoms in total. The standard InChI is InChI=1S/C14H15ClN4O2/c1-3-16-10-7-5-4-6-9(10)13(20)19-14-17-11(15)8-12(18-14)21-2/h4-8,16H,3H2,1-2H3,(H,17,18,19,20). The summed E-state index contributed by atoms with van der Waals surface area (Å²) >= 11 is 5.84. The van der Waals surface area contributed by atoms with Crippen LogP contribution in [0.1, 0.15) is 17.3 Å². The van der Waals surface area contributed by atoms with Gasteiger partial charge in [-0.2, -0.15) is 4.98 Å². The monoisotopic (exact) mass is 306 g/mol. The van der Waals surface area contributed by atoms with Gasteiger partial charge in [-0.15, -0.1) is 0 Å². The van der Waals surface area contributed by atoms with E-state index in [1.807, 2.05) is 19.1 Å². The molecule has 21 heavy (non-hydrogen) atoms. The Morgan fingerprint density at radius 1 is 1.33 bits per heavy atom. The van der Waals surface area contributed by atoms with Gasteiger partial charge in [0, 0.05) is 18.3 Å². The number of benzene rings is 1. The summed E-state index contributed by atoms with van der Waals surface area (Å²) in [5, 5.41) is 5.92. The number of carbonyl (C=O) groups is 1. The van der Waals surface area contributed by atoms with Crippen molar-refractivity contribution in [1.82, 2.24) is 9.97 Å². The van der Waals surface area contributed by atoms with E-state index in [-0.39, 0.29) is 22.9 Å². The van der Waals surface area contributed by atoms with Gasteiger partial charge >= 0.3 is 0 Å². The van der Waals surface area contributed by atoms with E-state index in [0.717, 1.165) is 5.69 Å². The average Bonchev–Trinajstić information content (AvgIpc) is 2.47. The molecule has 1 heterocycles. The van der Waals surface area contributed by atoms with E-state index >= 15 is 0 Å². The molecule has 0 bridgehead atoms. The highest BCUT2D eigenvalue weighted by atomic mass is 35.5. The van der Waals surface area contributed by atoms with Gasteiger partial charge in [0.05, 0.1) is 12.7 Å². The molecule has 0 fully saturated rings. The average molecular weight is 307 g/mol. The highest BCUT2D eigenvalue weighted by Gasteiger charge is 2.13. The third-order valence-corrected chi connectivity index (χ3v) is 2.84. The summed E-state index contributed by atoms with van der Waals surface area (Å²) in [6.07, 6.45) is 0. The molecule has 0 saturated carbocycles. The molecule has 7 heteroatoms. The molecule has 110 valence electrons. The van der Waals surface area contributed by atoms with Gasteiger partial charge in [-0.3, -0.25) is 10.1 Å². The number of rotatable bonds is 5. The zero-order valence-corrected chi connectivity index (χ0v) is 12.4. The van der Waals surface area contributed by atoms with Crippen LogP contribution < -0.4 is 15.4 Å². The topological polar surface area (TPSA) is 76.1 Å². The van der Waals surface area contributed by atoms with Gasteiger partial charge in [-0.1, -0.05) is 23.7 Å². The number of para-hydroxylation sites is 1. The highest BCUT2D eigenvalue weighted by Crippen LogP contribution is 2.19. The van der Waals surface area contributed by atoms with E-state index in [4.69, 9.17) is 16.3 Å². The molecule has 0 aliphatic heterocycles. The third kappa shape index (κ3) is 3.82. The van der Waals surface area contributed by atoms with Crippen LogP contribution in [0.4, 0.5) is 11.6 Å². The van der Waals surface area contributed by atoms with E-state index < -0.39 is 0 Å². The number of nitrogens with zero attached hydrogens (tertiary/aromatic N) is 2. The van der Waals surface area contributed by atoms with Gasteiger partial charge in [0.2, 0.25) is 11.8 Å². The van der Waals surface area contributed by atoms with Crippen LogP contribution in [0.2, 0.25) is 5.15 Å². The number of ether oxygens (including phenoxy) is 1. The number of hydrogen-bond donors (Lipinski definition) is 2. The molecule has 0 aliphatic rings. The van der Waals surface area contributed by atoms with E-state index in [1.54, 1.807) is 12.1 Å². The number of methoxy groups -OCH3 is 1. The minimum Gasteiger partial charge on any atom is -0.481 e. The molecule has 0 radical (unpaired) electrons. The number of hydrogen-bond acceptors (Lipinski definition) is 5. The first kappa shape index (κ1) is 15.1. The first-order valence-corrected chi connectivity index (χ1v) is 6.74. The smallest absolute Gasteiger partial charge is 0.260 e. The van der Waals surface area contributed by atoms with Crippen molar-refractivity contribution in [2.45, 2.75) is 6.92 Å². The molecule has 2 N–H and O–H groups in total. The summed E-state index contributed by atoms with van der Waals surface area (Å²) in [4.78, 5) is 20.3. The summed E-state index contributed by atoms with van der Waals surface area (Å²) in [6, 6.07) is 8.65. The Morgan fingerprint density at radius 3 is 2.81 bits per heavy atom. The van der Waals surface area contributed by atoms with E-state index in [2.05, 4.69) is 20.6 Å². The molecule has 1 aromatic heterocycles. The van der Waals surface area contributed by atoms with Crippen molar-refractivity contribution >= 4 is 29.1 Å². The predicted octanol–water partition coefficient (Wildman–Crippen LogP) is 2.82. The van der Waals surface area contributed by atoms with Crippen molar-refractivity contribution in [1.29, 1.82) is 0 Å². The number of halogens is 1. The van der Waals surface area contributed by atoms with Gasteiger partial charge in [0.1, 0.15) is 5.15 Å². The number of amides is 1. The van der Waals surface area contributed by atoms with Crippen molar-refractivity contribution < 1.29 is 9.53 Å². The van der Waals surface area contributed by atoms with Gasteiger partial charge in [-0.25, -0.2) is 4.98 Å². The Hall–Kier alpha value is -2.34. The first-order chi connectivity index (χ1) is 10.1. The van der Waals surface area contributed by atoms with Crippen LogP contribution in [0.15, 0.2) is 30.3 Å². The van der Waals surface area contributed by atoms with Crippen LogP contribution in [-0.2, 0) is 0 Å². The fourth-order valence-corrected chi connectivity index (χ4v) is 1.93. The summed E-state index contributed by atoms with van der Waals surface area (Å²) < 4.78 is 4.99. The van der Waals surface area contributed by atoms with Crippen molar-refractivity contribution in [3.63, 3.8) is 0 Å². The van der Waals surface area contributed by atoms with Crippen LogP contribution >= 0.6 is 11.6 Å². The fourth-order valence-electron chi connectivity index (χ4n) is 1.75. The molecule has 0 unspecified atom stereocenters. The lowest BCUT2D eigenvalue weighted by atomic mass is 10.1. The maximum atomic E-state index is 12.3. The third-order valence-electron chi connectivity index (χ3n) is 2.64. The minimum atomic E-state index is -0.323. The molecule has 0 aliphatic carbocycles. The zero-order chi connectivity index (χ0) is 15.2. The molecular formula is C14H15ClN4O2. The van der Waals surface area contributed by atoms with Gasteiger partial charge in [-0.05, 0) is 19.1 Å². The predicted molar refractivity (Wildman–Crippen MR) is 82.2 cm³/mol. The zero-order valence-electron chi connectivity index (χ0n) is 11.7.